The van der Waals surface area contributed by atoms with E-state index >= 15 is 0 Å². The summed E-state index contributed by atoms with van der Waals surface area (Å²) >= 11 is 0. The number of nitro benzene ring substituents is 1. The minimum atomic E-state index is -0.328. The minimum absolute atomic E-state index is 0.0494. The number of nitro groups is 1. The van der Waals surface area contributed by atoms with Crippen molar-refractivity contribution in [2.24, 2.45) is 0 Å². The first kappa shape index (κ1) is 15.4. The number of rotatable bonds is 4. The fraction of sp³-hybridized carbons (Fsp3) is 0.533. The highest BCUT2D eigenvalue weighted by molar-refractivity contribution is 5.44. The summed E-state index contributed by atoms with van der Waals surface area (Å²) in [6, 6.07) is 7.45. The molecule has 1 atom stereocenters. The highest BCUT2D eigenvalue weighted by Gasteiger charge is 2.22. The Labute approximate surface area is 124 Å². The summed E-state index contributed by atoms with van der Waals surface area (Å²) in [6.45, 7) is 7.94. The first-order valence-electron chi connectivity index (χ1n) is 7.12. The highest BCUT2D eigenvalue weighted by atomic mass is 16.6. The van der Waals surface area contributed by atoms with Crippen molar-refractivity contribution in [3.63, 3.8) is 0 Å². The van der Waals surface area contributed by atoms with Crippen molar-refractivity contribution in [2.45, 2.75) is 26.4 Å². The third kappa shape index (κ3) is 3.57. The van der Waals surface area contributed by atoms with Crippen LogP contribution in [0.1, 0.15) is 18.1 Å². The molecule has 112 valence electrons. The smallest absolute Gasteiger partial charge is 0.272 e. The number of benzene rings is 1. The van der Waals surface area contributed by atoms with E-state index in [1.165, 1.54) is 0 Å². The van der Waals surface area contributed by atoms with Gasteiger partial charge in [0, 0.05) is 44.4 Å². The van der Waals surface area contributed by atoms with Gasteiger partial charge in [-0.1, -0.05) is 12.1 Å². The van der Waals surface area contributed by atoms with Crippen molar-refractivity contribution in [3.8, 4) is 6.07 Å². The lowest BCUT2D eigenvalue weighted by Crippen LogP contribution is -2.48. The Morgan fingerprint density at radius 3 is 2.62 bits per heavy atom. The van der Waals surface area contributed by atoms with Crippen molar-refractivity contribution >= 4 is 5.69 Å². The van der Waals surface area contributed by atoms with Crippen LogP contribution in [0.2, 0.25) is 0 Å². The molecule has 21 heavy (non-hydrogen) atoms. The maximum Gasteiger partial charge on any atom is 0.272 e. The molecule has 0 aliphatic carbocycles. The summed E-state index contributed by atoms with van der Waals surface area (Å²) in [4.78, 5) is 15.1. The van der Waals surface area contributed by atoms with E-state index in [2.05, 4.69) is 15.9 Å². The van der Waals surface area contributed by atoms with Gasteiger partial charge in [-0.2, -0.15) is 5.26 Å². The first-order valence-corrected chi connectivity index (χ1v) is 7.12. The van der Waals surface area contributed by atoms with Crippen molar-refractivity contribution < 1.29 is 4.92 Å². The van der Waals surface area contributed by atoms with Crippen LogP contribution < -0.4 is 0 Å². The largest absolute Gasteiger partial charge is 0.297 e. The number of hydrogen-bond acceptors (Lipinski definition) is 5. The van der Waals surface area contributed by atoms with Gasteiger partial charge < -0.3 is 0 Å². The molecule has 6 nitrogen and oxygen atoms in total. The monoisotopic (exact) mass is 288 g/mol. The van der Waals surface area contributed by atoms with Crippen LogP contribution in [0.15, 0.2) is 18.2 Å². The van der Waals surface area contributed by atoms with Crippen LogP contribution in [-0.4, -0.2) is 46.9 Å². The van der Waals surface area contributed by atoms with Gasteiger partial charge in [-0.25, -0.2) is 0 Å². The summed E-state index contributed by atoms with van der Waals surface area (Å²) in [5.74, 6) is 0. The van der Waals surface area contributed by atoms with E-state index in [-0.39, 0.29) is 16.7 Å². The van der Waals surface area contributed by atoms with Crippen molar-refractivity contribution in [1.29, 1.82) is 5.26 Å². The molecule has 0 amide bonds. The van der Waals surface area contributed by atoms with Crippen LogP contribution in [0.4, 0.5) is 5.69 Å². The topological polar surface area (TPSA) is 73.4 Å². The average molecular weight is 288 g/mol. The fourth-order valence-electron chi connectivity index (χ4n) is 2.67. The molecule has 0 bridgehead atoms. The van der Waals surface area contributed by atoms with Gasteiger partial charge in [0.05, 0.1) is 17.0 Å². The number of nitrogens with zero attached hydrogens (tertiary/aromatic N) is 4. The zero-order chi connectivity index (χ0) is 15.4. The van der Waals surface area contributed by atoms with E-state index in [0.717, 1.165) is 43.9 Å². The second-order valence-electron chi connectivity index (χ2n) is 5.44. The van der Waals surface area contributed by atoms with E-state index in [9.17, 15) is 10.1 Å². The Morgan fingerprint density at radius 2 is 2.05 bits per heavy atom. The van der Waals surface area contributed by atoms with E-state index < -0.39 is 0 Å². The number of nitriles is 1. The van der Waals surface area contributed by atoms with Crippen molar-refractivity contribution in [2.75, 3.05) is 26.2 Å². The van der Waals surface area contributed by atoms with Gasteiger partial charge in [0.25, 0.3) is 5.69 Å². The summed E-state index contributed by atoms with van der Waals surface area (Å²) in [6.07, 6.45) is 0. The van der Waals surface area contributed by atoms with Crippen molar-refractivity contribution in [1.82, 2.24) is 9.80 Å². The standard InChI is InChI=1S/C15H20N4O2/c1-12(10-16)18-8-6-17(7-9-18)11-14-4-3-5-15(13(14)2)19(20)21/h3-5,12H,6-9,11H2,1-2H3. The van der Waals surface area contributed by atoms with Crippen LogP contribution in [0.25, 0.3) is 0 Å². The first-order chi connectivity index (χ1) is 10.0. The molecule has 2 rings (SSSR count). The van der Waals surface area contributed by atoms with E-state index in [0.29, 0.717) is 0 Å². The molecule has 0 spiro atoms. The zero-order valence-corrected chi connectivity index (χ0v) is 12.5. The quantitative estimate of drug-likeness (QED) is 0.625. The molecule has 1 fully saturated rings. The van der Waals surface area contributed by atoms with Gasteiger partial charge in [0.15, 0.2) is 0 Å². The van der Waals surface area contributed by atoms with Gasteiger partial charge in [-0.05, 0) is 19.4 Å². The van der Waals surface area contributed by atoms with E-state index in [1.807, 2.05) is 19.9 Å². The molecule has 1 aliphatic heterocycles. The third-order valence-corrected chi connectivity index (χ3v) is 4.15. The van der Waals surface area contributed by atoms with Crippen LogP contribution in [0, 0.1) is 28.4 Å². The second kappa shape index (κ2) is 6.66. The van der Waals surface area contributed by atoms with Gasteiger partial charge >= 0.3 is 0 Å². The maximum atomic E-state index is 11.0. The summed E-state index contributed by atoms with van der Waals surface area (Å²) in [7, 11) is 0. The molecule has 6 heteroatoms. The van der Waals surface area contributed by atoms with Gasteiger partial charge in [-0.3, -0.25) is 19.9 Å². The molecule has 0 radical (unpaired) electrons. The predicted octanol–water partition coefficient (Wildman–Crippen LogP) is 1.93. The SMILES string of the molecule is Cc1c(CN2CCN(C(C)C#N)CC2)cccc1[N+](=O)[O-]. The molecule has 1 aliphatic rings. The molecule has 0 N–H and O–H groups in total. The average Bonchev–Trinajstić information content (AvgIpc) is 2.49. The van der Waals surface area contributed by atoms with Crippen LogP contribution in [-0.2, 0) is 6.54 Å². The molecular weight excluding hydrogens is 268 g/mol. The minimum Gasteiger partial charge on any atom is -0.297 e. The van der Waals surface area contributed by atoms with E-state index in [4.69, 9.17) is 5.26 Å². The lowest BCUT2D eigenvalue weighted by molar-refractivity contribution is -0.385. The number of hydrogen-bond donors (Lipinski definition) is 0. The fourth-order valence-corrected chi connectivity index (χ4v) is 2.67. The van der Waals surface area contributed by atoms with E-state index in [1.54, 1.807) is 12.1 Å². The predicted molar refractivity (Wildman–Crippen MR) is 79.8 cm³/mol. The third-order valence-electron chi connectivity index (χ3n) is 4.15. The molecule has 0 aromatic heterocycles. The molecule has 1 unspecified atom stereocenters. The van der Waals surface area contributed by atoms with Gasteiger partial charge in [0.2, 0.25) is 0 Å². The normalized spacial score (nSPS) is 18.1. The van der Waals surface area contributed by atoms with Crippen molar-refractivity contribution in [3.05, 3.63) is 39.4 Å². The molecule has 1 saturated heterocycles. The Hall–Kier alpha value is -1.97. The Kier molecular flexibility index (Phi) is 4.89. The summed E-state index contributed by atoms with van der Waals surface area (Å²) in [5.41, 5.74) is 1.94. The zero-order valence-electron chi connectivity index (χ0n) is 12.5. The Balaban J connectivity index is 2.00. The molecule has 1 aromatic rings. The second-order valence-corrected chi connectivity index (χ2v) is 5.44. The van der Waals surface area contributed by atoms with Crippen LogP contribution >= 0.6 is 0 Å². The maximum absolute atomic E-state index is 11.0. The Bertz CT molecular complexity index is 559. The molecule has 0 saturated carbocycles. The van der Waals surface area contributed by atoms with Gasteiger partial charge in [-0.15, -0.1) is 0 Å². The lowest BCUT2D eigenvalue weighted by atomic mass is 10.1. The Morgan fingerprint density at radius 1 is 1.38 bits per heavy atom. The lowest BCUT2D eigenvalue weighted by Gasteiger charge is -2.36. The molecule has 1 heterocycles. The number of piperazine rings is 1. The molecule has 1 aromatic carbocycles. The summed E-state index contributed by atoms with van der Waals surface area (Å²) < 4.78 is 0. The highest BCUT2D eigenvalue weighted by Crippen LogP contribution is 2.22. The summed E-state index contributed by atoms with van der Waals surface area (Å²) in [5, 5.41) is 19.9. The van der Waals surface area contributed by atoms with Crippen LogP contribution in [0.3, 0.4) is 0 Å². The van der Waals surface area contributed by atoms with Crippen LogP contribution in [0.5, 0.6) is 0 Å². The molecular formula is C15H20N4O2. The van der Waals surface area contributed by atoms with Gasteiger partial charge in [0.1, 0.15) is 0 Å².